The fourth-order valence-corrected chi connectivity index (χ4v) is 2.49. The number of carboxylic acids is 1. The molecule has 0 bridgehead atoms. The normalized spacial score (nSPS) is 27.1. The van der Waals surface area contributed by atoms with Gasteiger partial charge in [0.2, 0.25) is 0 Å². The second-order valence-corrected chi connectivity index (χ2v) is 5.03. The van der Waals surface area contributed by atoms with Gasteiger partial charge in [-0.2, -0.15) is 0 Å². The van der Waals surface area contributed by atoms with Gasteiger partial charge in [0, 0.05) is 12.1 Å². The maximum atomic E-state index is 11.3. The number of H-pyrrole nitrogens is 1. The van der Waals surface area contributed by atoms with Crippen LogP contribution in [-0.4, -0.2) is 27.1 Å². The number of nitrogens with one attached hydrogen (secondary N) is 2. The van der Waals surface area contributed by atoms with Crippen molar-refractivity contribution in [1.29, 1.82) is 0 Å². The van der Waals surface area contributed by atoms with E-state index in [1.54, 1.807) is 13.8 Å². The molecule has 0 aliphatic heterocycles. The molecule has 2 unspecified atom stereocenters. The number of aliphatic carboxylic acids is 1. The van der Waals surface area contributed by atoms with Crippen molar-refractivity contribution in [3.05, 3.63) is 22.2 Å². The summed E-state index contributed by atoms with van der Waals surface area (Å²) in [6.07, 6.45) is 2.28. The van der Waals surface area contributed by atoms with E-state index in [9.17, 15) is 14.7 Å². The van der Waals surface area contributed by atoms with Gasteiger partial charge >= 0.3 is 5.97 Å². The largest absolute Gasteiger partial charge is 0.481 e. The first-order chi connectivity index (χ1) is 8.41. The van der Waals surface area contributed by atoms with Crippen LogP contribution in [0.4, 0.5) is 5.82 Å². The number of rotatable bonds is 3. The molecule has 0 radical (unpaired) electrons. The van der Waals surface area contributed by atoms with Gasteiger partial charge in [-0.25, -0.2) is 4.98 Å². The lowest BCUT2D eigenvalue weighted by molar-refractivity contribution is -0.147. The number of aromatic amines is 1. The maximum absolute atomic E-state index is 11.3. The van der Waals surface area contributed by atoms with Crippen molar-refractivity contribution in [1.82, 2.24) is 9.97 Å². The predicted molar refractivity (Wildman–Crippen MR) is 66.6 cm³/mol. The van der Waals surface area contributed by atoms with Crippen molar-refractivity contribution < 1.29 is 9.90 Å². The van der Waals surface area contributed by atoms with Crippen LogP contribution in [0.2, 0.25) is 0 Å². The van der Waals surface area contributed by atoms with Crippen molar-refractivity contribution in [3.8, 4) is 0 Å². The number of carboxylic acid groups (broad SMARTS) is 1. The molecular weight excluding hydrogens is 234 g/mol. The Kier molecular flexibility index (Phi) is 3.11. The van der Waals surface area contributed by atoms with Gasteiger partial charge in [0.15, 0.2) is 0 Å². The van der Waals surface area contributed by atoms with Crippen LogP contribution in [0, 0.1) is 12.3 Å². The molecule has 6 heteroatoms. The van der Waals surface area contributed by atoms with Crippen molar-refractivity contribution in [2.24, 2.45) is 5.41 Å². The Labute approximate surface area is 104 Å². The van der Waals surface area contributed by atoms with Gasteiger partial charge in [-0.05, 0) is 26.7 Å². The molecule has 1 fully saturated rings. The van der Waals surface area contributed by atoms with Gasteiger partial charge in [-0.1, -0.05) is 6.42 Å². The second-order valence-electron chi connectivity index (χ2n) is 5.03. The molecule has 1 aliphatic rings. The van der Waals surface area contributed by atoms with Gasteiger partial charge in [0.25, 0.3) is 5.56 Å². The van der Waals surface area contributed by atoms with Crippen molar-refractivity contribution in [2.45, 2.75) is 39.2 Å². The first-order valence-corrected chi connectivity index (χ1v) is 6.00. The number of hydrogen-bond donors (Lipinski definition) is 3. The van der Waals surface area contributed by atoms with E-state index in [1.165, 1.54) is 6.07 Å². The summed E-state index contributed by atoms with van der Waals surface area (Å²) in [4.78, 5) is 29.4. The summed E-state index contributed by atoms with van der Waals surface area (Å²) in [6, 6.07) is 1.16. The third-order valence-electron chi connectivity index (χ3n) is 3.63. The summed E-state index contributed by atoms with van der Waals surface area (Å²) in [5.74, 6) is 0.148. The highest BCUT2D eigenvalue weighted by Crippen LogP contribution is 2.39. The average Bonchev–Trinajstić information content (AvgIpc) is 2.60. The molecule has 2 atom stereocenters. The van der Waals surface area contributed by atoms with Crippen molar-refractivity contribution in [3.63, 3.8) is 0 Å². The highest BCUT2D eigenvalue weighted by molar-refractivity contribution is 5.76. The van der Waals surface area contributed by atoms with Crippen LogP contribution in [0.5, 0.6) is 0 Å². The molecule has 0 saturated heterocycles. The molecule has 1 saturated carbocycles. The lowest BCUT2D eigenvalue weighted by atomic mass is 9.85. The molecule has 0 aromatic carbocycles. The molecule has 6 nitrogen and oxygen atoms in total. The van der Waals surface area contributed by atoms with E-state index in [-0.39, 0.29) is 11.6 Å². The van der Waals surface area contributed by atoms with Crippen LogP contribution >= 0.6 is 0 Å². The van der Waals surface area contributed by atoms with Gasteiger partial charge in [-0.15, -0.1) is 0 Å². The Hall–Kier alpha value is -1.85. The second kappa shape index (κ2) is 4.44. The summed E-state index contributed by atoms with van der Waals surface area (Å²) in [5, 5.41) is 12.4. The Morgan fingerprint density at radius 1 is 1.67 bits per heavy atom. The third kappa shape index (κ3) is 2.23. The van der Waals surface area contributed by atoms with E-state index >= 15 is 0 Å². The van der Waals surface area contributed by atoms with E-state index in [0.29, 0.717) is 18.1 Å². The standard InChI is InChI=1S/C12H17N3O3/c1-7-13-9(6-10(16)14-7)15-8-4-3-5-12(8,2)11(17)18/h6,8H,3-5H2,1-2H3,(H,17,18)(H2,13,14,15,16). The van der Waals surface area contributed by atoms with Crippen LogP contribution in [0.3, 0.4) is 0 Å². The number of anilines is 1. The zero-order valence-electron chi connectivity index (χ0n) is 10.5. The zero-order chi connectivity index (χ0) is 13.3. The fourth-order valence-electron chi connectivity index (χ4n) is 2.49. The minimum absolute atomic E-state index is 0.191. The minimum Gasteiger partial charge on any atom is -0.481 e. The summed E-state index contributed by atoms with van der Waals surface area (Å²) in [6.45, 7) is 3.43. The molecule has 1 aliphatic carbocycles. The van der Waals surface area contributed by atoms with E-state index in [1.807, 2.05) is 0 Å². The molecule has 18 heavy (non-hydrogen) atoms. The maximum Gasteiger partial charge on any atom is 0.311 e. The Morgan fingerprint density at radius 3 is 3.00 bits per heavy atom. The zero-order valence-corrected chi connectivity index (χ0v) is 10.5. The number of nitrogens with zero attached hydrogens (tertiary/aromatic N) is 1. The van der Waals surface area contributed by atoms with Gasteiger partial charge in [-0.3, -0.25) is 9.59 Å². The molecular formula is C12H17N3O3. The number of carbonyl (C=O) groups is 1. The molecule has 1 aromatic rings. The van der Waals surface area contributed by atoms with Crippen molar-refractivity contribution >= 4 is 11.8 Å². The van der Waals surface area contributed by atoms with Gasteiger partial charge in [0.05, 0.1) is 5.41 Å². The van der Waals surface area contributed by atoms with Crippen molar-refractivity contribution in [2.75, 3.05) is 5.32 Å². The average molecular weight is 251 g/mol. The lowest BCUT2D eigenvalue weighted by Crippen LogP contribution is -2.40. The molecule has 2 rings (SSSR count). The van der Waals surface area contributed by atoms with Crippen LogP contribution in [0.15, 0.2) is 10.9 Å². The molecule has 3 N–H and O–H groups in total. The monoisotopic (exact) mass is 251 g/mol. The first-order valence-electron chi connectivity index (χ1n) is 6.00. The Balaban J connectivity index is 2.23. The molecule has 0 amide bonds. The van der Waals surface area contributed by atoms with E-state index < -0.39 is 11.4 Å². The summed E-state index contributed by atoms with van der Waals surface area (Å²) in [7, 11) is 0. The van der Waals surface area contributed by atoms with E-state index in [4.69, 9.17) is 0 Å². The lowest BCUT2D eigenvalue weighted by Gasteiger charge is -2.28. The summed E-state index contributed by atoms with van der Waals surface area (Å²) >= 11 is 0. The molecule has 98 valence electrons. The van der Waals surface area contributed by atoms with E-state index in [2.05, 4.69) is 15.3 Å². The number of hydrogen-bond acceptors (Lipinski definition) is 4. The highest BCUT2D eigenvalue weighted by Gasteiger charge is 2.45. The molecule has 1 heterocycles. The molecule has 0 spiro atoms. The number of aryl methyl sites for hydroxylation is 1. The highest BCUT2D eigenvalue weighted by atomic mass is 16.4. The number of aromatic nitrogens is 2. The molecule has 1 aromatic heterocycles. The fraction of sp³-hybridized carbons (Fsp3) is 0.583. The SMILES string of the molecule is Cc1nc(NC2CCCC2(C)C(=O)O)cc(=O)[nH]1. The Bertz CT molecular complexity index is 526. The van der Waals surface area contributed by atoms with Crippen LogP contribution in [-0.2, 0) is 4.79 Å². The summed E-state index contributed by atoms with van der Waals surface area (Å²) < 4.78 is 0. The topological polar surface area (TPSA) is 95.1 Å². The Morgan fingerprint density at radius 2 is 2.39 bits per heavy atom. The van der Waals surface area contributed by atoms with E-state index in [0.717, 1.165) is 12.8 Å². The van der Waals surface area contributed by atoms with Crippen LogP contribution < -0.4 is 10.9 Å². The predicted octanol–water partition coefficient (Wildman–Crippen LogP) is 1.13. The van der Waals surface area contributed by atoms with Crippen LogP contribution in [0.1, 0.15) is 32.0 Å². The first kappa shape index (κ1) is 12.6. The third-order valence-corrected chi connectivity index (χ3v) is 3.63. The quantitative estimate of drug-likeness (QED) is 0.748. The smallest absolute Gasteiger partial charge is 0.311 e. The van der Waals surface area contributed by atoms with Gasteiger partial charge in [0.1, 0.15) is 11.6 Å². The van der Waals surface area contributed by atoms with Gasteiger partial charge < -0.3 is 15.4 Å². The summed E-state index contributed by atoms with van der Waals surface area (Å²) in [5.41, 5.74) is -1.03. The minimum atomic E-state index is -0.806. The van der Waals surface area contributed by atoms with Crippen LogP contribution in [0.25, 0.3) is 0 Å².